The van der Waals surface area contributed by atoms with Gasteiger partial charge < -0.3 is 25.3 Å². The van der Waals surface area contributed by atoms with Gasteiger partial charge in [0.2, 0.25) is 0 Å². The van der Waals surface area contributed by atoms with E-state index in [9.17, 15) is 14.7 Å². The van der Waals surface area contributed by atoms with Crippen LogP contribution in [0.1, 0.15) is 22.7 Å². The standard InChI is InChI=1S/C11H14N2O5/c12-4-7-1-2-9(18-7)10(15)13-5-6(14)3-8(13)11(16)17/h1-2,6,8,14H,3-5,12H2,(H,16,17). The molecule has 1 aromatic rings. The second kappa shape index (κ2) is 4.79. The number of nitrogens with two attached hydrogens (primary N) is 1. The van der Waals surface area contributed by atoms with E-state index >= 15 is 0 Å². The van der Waals surface area contributed by atoms with Crippen LogP contribution in [-0.4, -0.2) is 45.7 Å². The van der Waals surface area contributed by atoms with Crippen LogP contribution < -0.4 is 5.73 Å². The first-order valence-electron chi connectivity index (χ1n) is 5.53. The molecule has 2 atom stereocenters. The Labute approximate surface area is 103 Å². The molecule has 1 aliphatic heterocycles. The van der Waals surface area contributed by atoms with Crippen LogP contribution in [0.4, 0.5) is 0 Å². The zero-order chi connectivity index (χ0) is 13.3. The lowest BCUT2D eigenvalue weighted by atomic mass is 10.2. The second-order valence-electron chi connectivity index (χ2n) is 4.17. The number of hydrogen-bond acceptors (Lipinski definition) is 5. The lowest BCUT2D eigenvalue weighted by molar-refractivity contribution is -0.141. The third-order valence-electron chi connectivity index (χ3n) is 2.90. The Kier molecular flexibility index (Phi) is 3.35. The molecule has 1 saturated heterocycles. The molecule has 0 radical (unpaired) electrons. The Morgan fingerprint density at radius 1 is 1.50 bits per heavy atom. The molecule has 1 fully saturated rings. The summed E-state index contributed by atoms with van der Waals surface area (Å²) in [5.41, 5.74) is 5.36. The van der Waals surface area contributed by atoms with Gasteiger partial charge in [0.25, 0.3) is 5.91 Å². The van der Waals surface area contributed by atoms with E-state index < -0.39 is 24.0 Å². The maximum atomic E-state index is 12.1. The van der Waals surface area contributed by atoms with Gasteiger partial charge in [-0.1, -0.05) is 0 Å². The number of amides is 1. The maximum Gasteiger partial charge on any atom is 0.326 e. The van der Waals surface area contributed by atoms with Crippen LogP contribution in [0, 0.1) is 0 Å². The summed E-state index contributed by atoms with van der Waals surface area (Å²) in [7, 11) is 0. The molecule has 2 unspecified atom stereocenters. The minimum Gasteiger partial charge on any atom is -0.480 e. The highest BCUT2D eigenvalue weighted by Crippen LogP contribution is 2.21. The van der Waals surface area contributed by atoms with Crippen LogP contribution in [-0.2, 0) is 11.3 Å². The van der Waals surface area contributed by atoms with Crippen molar-refractivity contribution in [3.8, 4) is 0 Å². The summed E-state index contributed by atoms with van der Waals surface area (Å²) in [5, 5.41) is 18.5. The Morgan fingerprint density at radius 3 is 2.78 bits per heavy atom. The summed E-state index contributed by atoms with van der Waals surface area (Å²) < 4.78 is 5.18. The highest BCUT2D eigenvalue weighted by molar-refractivity contribution is 5.94. The Balaban J connectivity index is 2.19. The first kappa shape index (κ1) is 12.6. The highest BCUT2D eigenvalue weighted by atomic mass is 16.4. The van der Waals surface area contributed by atoms with Gasteiger partial charge in [-0.3, -0.25) is 4.79 Å². The van der Waals surface area contributed by atoms with Gasteiger partial charge in [-0.2, -0.15) is 0 Å². The van der Waals surface area contributed by atoms with Gasteiger partial charge in [-0.05, 0) is 12.1 Å². The van der Waals surface area contributed by atoms with Crippen molar-refractivity contribution < 1.29 is 24.2 Å². The number of nitrogens with zero attached hydrogens (tertiary/aromatic N) is 1. The number of furan rings is 1. The molecular formula is C11H14N2O5. The number of aliphatic carboxylic acids is 1. The quantitative estimate of drug-likeness (QED) is 0.663. The number of rotatable bonds is 3. The van der Waals surface area contributed by atoms with E-state index in [1.807, 2.05) is 0 Å². The molecule has 0 spiro atoms. The first-order valence-corrected chi connectivity index (χ1v) is 5.53. The number of likely N-dealkylation sites (tertiary alicyclic amines) is 1. The van der Waals surface area contributed by atoms with Crippen molar-refractivity contribution in [1.82, 2.24) is 4.90 Å². The number of carboxylic acids is 1. The zero-order valence-electron chi connectivity index (χ0n) is 9.57. The van der Waals surface area contributed by atoms with Gasteiger partial charge in [0.05, 0.1) is 12.6 Å². The third kappa shape index (κ3) is 2.22. The van der Waals surface area contributed by atoms with Crippen LogP contribution in [0.2, 0.25) is 0 Å². The maximum absolute atomic E-state index is 12.1. The van der Waals surface area contributed by atoms with Crippen LogP contribution in [0.15, 0.2) is 16.5 Å². The average molecular weight is 254 g/mol. The minimum absolute atomic E-state index is 0.00550. The monoisotopic (exact) mass is 254 g/mol. The molecule has 1 aromatic heterocycles. The van der Waals surface area contributed by atoms with Crippen molar-refractivity contribution >= 4 is 11.9 Å². The number of aliphatic hydroxyl groups is 1. The van der Waals surface area contributed by atoms with E-state index in [1.165, 1.54) is 6.07 Å². The fourth-order valence-electron chi connectivity index (χ4n) is 2.02. The van der Waals surface area contributed by atoms with Gasteiger partial charge in [0, 0.05) is 13.0 Å². The van der Waals surface area contributed by atoms with Crippen molar-refractivity contribution in [3.05, 3.63) is 23.7 Å². The molecule has 0 aliphatic carbocycles. The second-order valence-corrected chi connectivity index (χ2v) is 4.17. The Morgan fingerprint density at radius 2 is 2.22 bits per heavy atom. The van der Waals surface area contributed by atoms with Crippen molar-refractivity contribution in [3.63, 3.8) is 0 Å². The number of β-amino-alcohol motifs (C(OH)–C–C–N with tert-alkyl or cyclic N) is 1. The molecule has 98 valence electrons. The van der Waals surface area contributed by atoms with Crippen LogP contribution >= 0.6 is 0 Å². The summed E-state index contributed by atoms with van der Waals surface area (Å²) in [6, 6.07) is 2.00. The predicted molar refractivity (Wildman–Crippen MR) is 59.7 cm³/mol. The fourth-order valence-corrected chi connectivity index (χ4v) is 2.02. The molecule has 1 aliphatic rings. The molecule has 0 bridgehead atoms. The number of carboxylic acid groups (broad SMARTS) is 1. The van der Waals surface area contributed by atoms with E-state index in [-0.39, 0.29) is 25.3 Å². The normalized spacial score (nSPS) is 23.3. The molecule has 1 amide bonds. The SMILES string of the molecule is NCc1ccc(C(=O)N2CC(O)CC2C(=O)O)o1. The molecule has 7 nitrogen and oxygen atoms in total. The lowest BCUT2D eigenvalue weighted by Gasteiger charge is -2.19. The van der Waals surface area contributed by atoms with Crippen molar-refractivity contribution in [2.24, 2.45) is 5.73 Å². The van der Waals surface area contributed by atoms with Crippen LogP contribution in [0.3, 0.4) is 0 Å². The van der Waals surface area contributed by atoms with E-state index in [4.69, 9.17) is 15.3 Å². The third-order valence-corrected chi connectivity index (χ3v) is 2.90. The van der Waals surface area contributed by atoms with Crippen LogP contribution in [0.25, 0.3) is 0 Å². The largest absolute Gasteiger partial charge is 0.480 e. The van der Waals surface area contributed by atoms with E-state index in [0.717, 1.165) is 4.90 Å². The molecule has 2 rings (SSSR count). The highest BCUT2D eigenvalue weighted by Gasteiger charge is 2.40. The molecule has 2 heterocycles. The summed E-state index contributed by atoms with van der Waals surface area (Å²) >= 11 is 0. The Hall–Kier alpha value is -1.86. The average Bonchev–Trinajstić information content (AvgIpc) is 2.94. The number of carbonyl (C=O) groups is 2. The molecule has 7 heteroatoms. The predicted octanol–water partition coefficient (Wildman–Crippen LogP) is -0.602. The molecule has 4 N–H and O–H groups in total. The van der Waals surface area contributed by atoms with E-state index in [2.05, 4.69) is 0 Å². The number of carbonyl (C=O) groups excluding carboxylic acids is 1. The topological polar surface area (TPSA) is 117 Å². The number of aliphatic hydroxyl groups excluding tert-OH is 1. The van der Waals surface area contributed by atoms with E-state index in [0.29, 0.717) is 5.76 Å². The minimum atomic E-state index is -1.13. The molecule has 18 heavy (non-hydrogen) atoms. The van der Waals surface area contributed by atoms with Crippen molar-refractivity contribution in [2.45, 2.75) is 25.1 Å². The smallest absolute Gasteiger partial charge is 0.326 e. The first-order chi connectivity index (χ1) is 8.52. The van der Waals surface area contributed by atoms with Gasteiger partial charge >= 0.3 is 5.97 Å². The number of hydrogen-bond donors (Lipinski definition) is 3. The van der Waals surface area contributed by atoms with Crippen molar-refractivity contribution in [2.75, 3.05) is 6.54 Å². The van der Waals surface area contributed by atoms with Gasteiger partial charge in [-0.15, -0.1) is 0 Å². The summed E-state index contributed by atoms with van der Waals surface area (Å²) in [5.74, 6) is -1.19. The van der Waals surface area contributed by atoms with E-state index in [1.54, 1.807) is 6.07 Å². The summed E-state index contributed by atoms with van der Waals surface area (Å²) in [6.07, 6.45) is -0.787. The van der Waals surface area contributed by atoms with Gasteiger partial charge in [0.15, 0.2) is 5.76 Å². The molecule has 0 aromatic carbocycles. The zero-order valence-corrected chi connectivity index (χ0v) is 9.57. The van der Waals surface area contributed by atoms with Gasteiger partial charge in [-0.25, -0.2) is 4.79 Å². The van der Waals surface area contributed by atoms with Crippen LogP contribution in [0.5, 0.6) is 0 Å². The summed E-state index contributed by atoms with van der Waals surface area (Å²) in [6.45, 7) is 0.159. The fraction of sp³-hybridized carbons (Fsp3) is 0.455. The molecule has 0 saturated carbocycles. The Bertz CT molecular complexity index is 470. The van der Waals surface area contributed by atoms with Gasteiger partial charge in [0.1, 0.15) is 11.8 Å². The molecular weight excluding hydrogens is 240 g/mol. The summed E-state index contributed by atoms with van der Waals surface area (Å²) in [4.78, 5) is 24.2. The van der Waals surface area contributed by atoms with Crippen molar-refractivity contribution in [1.29, 1.82) is 0 Å². The lowest BCUT2D eigenvalue weighted by Crippen LogP contribution is -2.40.